The minimum Gasteiger partial charge on any atom is -0.445 e. The molecular formula is C20H26ClN3O2. The summed E-state index contributed by atoms with van der Waals surface area (Å²) in [4.78, 5) is 16.3. The van der Waals surface area contributed by atoms with Gasteiger partial charge in [0.25, 0.3) is 0 Å². The Labute approximate surface area is 161 Å². The monoisotopic (exact) mass is 375 g/mol. The molecule has 140 valence electrons. The van der Waals surface area contributed by atoms with Gasteiger partial charge >= 0.3 is 6.09 Å². The number of hydrogen-bond donors (Lipinski definition) is 1. The Kier molecular flexibility index (Phi) is 7.30. The van der Waals surface area contributed by atoms with Crippen molar-refractivity contribution in [2.75, 3.05) is 31.1 Å². The largest absolute Gasteiger partial charge is 0.445 e. The lowest BCUT2D eigenvalue weighted by atomic mass is 10.1. The fourth-order valence-corrected chi connectivity index (χ4v) is 2.95. The van der Waals surface area contributed by atoms with E-state index >= 15 is 0 Å². The van der Waals surface area contributed by atoms with Crippen LogP contribution in [0.15, 0.2) is 54.6 Å². The predicted octanol–water partition coefficient (Wildman–Crippen LogP) is 3.59. The van der Waals surface area contributed by atoms with Gasteiger partial charge in [-0.15, -0.1) is 12.4 Å². The van der Waals surface area contributed by atoms with Crippen molar-refractivity contribution in [3.63, 3.8) is 0 Å². The van der Waals surface area contributed by atoms with Gasteiger partial charge in [0, 0.05) is 37.9 Å². The molecule has 0 saturated carbocycles. The van der Waals surface area contributed by atoms with Crippen LogP contribution < -0.4 is 10.6 Å². The third-order valence-electron chi connectivity index (χ3n) is 4.53. The van der Waals surface area contributed by atoms with Crippen molar-refractivity contribution in [3.8, 4) is 0 Å². The number of nitrogens with zero attached hydrogens (tertiary/aromatic N) is 2. The lowest BCUT2D eigenvalue weighted by Crippen LogP contribution is -2.48. The molecule has 1 atom stereocenters. The predicted molar refractivity (Wildman–Crippen MR) is 107 cm³/mol. The molecule has 1 aliphatic rings. The summed E-state index contributed by atoms with van der Waals surface area (Å²) in [6.45, 7) is 5.24. The van der Waals surface area contributed by atoms with E-state index in [-0.39, 0.29) is 24.5 Å². The number of nitrogens with two attached hydrogens (primary N) is 1. The van der Waals surface area contributed by atoms with Crippen molar-refractivity contribution >= 4 is 24.2 Å². The van der Waals surface area contributed by atoms with Crippen LogP contribution in [0.5, 0.6) is 0 Å². The Hall–Kier alpha value is -2.24. The maximum absolute atomic E-state index is 12.2. The van der Waals surface area contributed by atoms with Gasteiger partial charge in [-0.2, -0.15) is 0 Å². The Bertz CT molecular complexity index is 684. The van der Waals surface area contributed by atoms with E-state index in [0.29, 0.717) is 19.7 Å². The number of amides is 1. The summed E-state index contributed by atoms with van der Waals surface area (Å²) in [5.74, 6) is 0. The molecule has 1 fully saturated rings. The molecule has 1 aliphatic heterocycles. The van der Waals surface area contributed by atoms with E-state index < -0.39 is 0 Å². The Morgan fingerprint density at radius 3 is 2.23 bits per heavy atom. The molecule has 0 unspecified atom stereocenters. The number of benzene rings is 2. The van der Waals surface area contributed by atoms with Gasteiger partial charge in [0.1, 0.15) is 6.61 Å². The standard InChI is InChI=1S/C20H25N3O2.ClH/c1-16(21)18-7-9-19(10-8-18)22-11-13-23(14-12-22)20(24)25-15-17-5-3-2-4-6-17;/h2-10,16H,11-15,21H2,1H3;1H/t16-;/m0./s1. The first-order valence-electron chi connectivity index (χ1n) is 8.69. The molecule has 0 aliphatic carbocycles. The number of hydrogen-bond acceptors (Lipinski definition) is 4. The van der Waals surface area contributed by atoms with Crippen molar-refractivity contribution in [1.82, 2.24) is 4.90 Å². The van der Waals surface area contributed by atoms with Gasteiger partial charge < -0.3 is 20.3 Å². The molecule has 3 rings (SSSR count). The second-order valence-electron chi connectivity index (χ2n) is 6.39. The third kappa shape index (κ3) is 5.13. The van der Waals surface area contributed by atoms with E-state index in [2.05, 4.69) is 29.2 Å². The van der Waals surface area contributed by atoms with Crippen LogP contribution in [-0.2, 0) is 11.3 Å². The zero-order valence-electron chi connectivity index (χ0n) is 15.0. The van der Waals surface area contributed by atoms with E-state index in [1.165, 1.54) is 5.69 Å². The lowest BCUT2D eigenvalue weighted by Gasteiger charge is -2.35. The van der Waals surface area contributed by atoms with Crippen molar-refractivity contribution < 1.29 is 9.53 Å². The van der Waals surface area contributed by atoms with Crippen molar-refractivity contribution in [2.45, 2.75) is 19.6 Å². The highest BCUT2D eigenvalue weighted by atomic mass is 35.5. The van der Waals surface area contributed by atoms with Gasteiger partial charge in [-0.05, 0) is 30.2 Å². The van der Waals surface area contributed by atoms with Crippen LogP contribution in [0.4, 0.5) is 10.5 Å². The highest BCUT2D eigenvalue weighted by Crippen LogP contribution is 2.20. The fraction of sp³-hybridized carbons (Fsp3) is 0.350. The van der Waals surface area contributed by atoms with Gasteiger partial charge in [0.15, 0.2) is 0 Å². The van der Waals surface area contributed by atoms with Crippen LogP contribution in [-0.4, -0.2) is 37.2 Å². The SMILES string of the molecule is C[C@H](N)c1ccc(N2CCN(C(=O)OCc3ccccc3)CC2)cc1.Cl. The molecular weight excluding hydrogens is 350 g/mol. The van der Waals surface area contributed by atoms with Crippen LogP contribution in [0.25, 0.3) is 0 Å². The molecule has 0 bridgehead atoms. The average molecular weight is 376 g/mol. The minimum atomic E-state index is -0.240. The van der Waals surface area contributed by atoms with Crippen LogP contribution in [0.1, 0.15) is 24.1 Å². The van der Waals surface area contributed by atoms with E-state index in [4.69, 9.17) is 10.5 Å². The fourth-order valence-electron chi connectivity index (χ4n) is 2.95. The summed E-state index contributed by atoms with van der Waals surface area (Å²) in [5, 5.41) is 0. The summed E-state index contributed by atoms with van der Waals surface area (Å²) in [6.07, 6.45) is -0.240. The van der Waals surface area contributed by atoms with Gasteiger partial charge in [-0.3, -0.25) is 0 Å². The molecule has 2 aromatic carbocycles. The van der Waals surface area contributed by atoms with Crippen molar-refractivity contribution in [1.29, 1.82) is 0 Å². The molecule has 2 aromatic rings. The first-order valence-corrected chi connectivity index (χ1v) is 8.69. The highest BCUT2D eigenvalue weighted by molar-refractivity contribution is 5.85. The molecule has 0 aromatic heterocycles. The first kappa shape index (κ1) is 20.1. The van der Waals surface area contributed by atoms with E-state index in [1.807, 2.05) is 37.3 Å². The summed E-state index contributed by atoms with van der Waals surface area (Å²) in [6, 6.07) is 18.1. The molecule has 0 spiro atoms. The van der Waals surface area contributed by atoms with Crippen LogP contribution in [0.2, 0.25) is 0 Å². The molecule has 1 heterocycles. The highest BCUT2D eigenvalue weighted by Gasteiger charge is 2.22. The molecule has 5 nitrogen and oxygen atoms in total. The summed E-state index contributed by atoms with van der Waals surface area (Å²) in [5.41, 5.74) is 9.20. The number of piperazine rings is 1. The van der Waals surface area contributed by atoms with Crippen LogP contribution >= 0.6 is 12.4 Å². The number of rotatable bonds is 4. The maximum atomic E-state index is 12.2. The Morgan fingerprint density at radius 1 is 1.04 bits per heavy atom. The molecule has 1 amide bonds. The first-order chi connectivity index (χ1) is 12.1. The van der Waals surface area contributed by atoms with E-state index in [9.17, 15) is 4.79 Å². The molecule has 1 saturated heterocycles. The topological polar surface area (TPSA) is 58.8 Å². The second kappa shape index (κ2) is 9.46. The zero-order chi connectivity index (χ0) is 17.6. The van der Waals surface area contributed by atoms with E-state index in [1.54, 1.807) is 4.90 Å². The zero-order valence-corrected chi connectivity index (χ0v) is 15.8. The maximum Gasteiger partial charge on any atom is 0.410 e. The minimum absolute atomic E-state index is 0. The van der Waals surface area contributed by atoms with Gasteiger partial charge in [-0.25, -0.2) is 4.79 Å². The van der Waals surface area contributed by atoms with Crippen LogP contribution in [0.3, 0.4) is 0 Å². The second-order valence-corrected chi connectivity index (χ2v) is 6.39. The lowest BCUT2D eigenvalue weighted by molar-refractivity contribution is 0.0942. The number of anilines is 1. The summed E-state index contributed by atoms with van der Waals surface area (Å²) >= 11 is 0. The van der Waals surface area contributed by atoms with Gasteiger partial charge in [0.05, 0.1) is 0 Å². The summed E-state index contributed by atoms with van der Waals surface area (Å²) in [7, 11) is 0. The molecule has 2 N–H and O–H groups in total. The quantitative estimate of drug-likeness (QED) is 0.887. The normalized spacial score (nSPS) is 15.2. The number of halogens is 1. The number of carbonyl (C=O) groups excluding carboxylic acids is 1. The Balaban J connectivity index is 0.00000243. The van der Waals surface area contributed by atoms with Crippen molar-refractivity contribution in [2.24, 2.45) is 5.73 Å². The van der Waals surface area contributed by atoms with E-state index in [0.717, 1.165) is 24.2 Å². The average Bonchev–Trinajstić information content (AvgIpc) is 2.67. The van der Waals surface area contributed by atoms with Gasteiger partial charge in [0.2, 0.25) is 0 Å². The molecule has 6 heteroatoms. The summed E-state index contributed by atoms with van der Waals surface area (Å²) < 4.78 is 5.41. The van der Waals surface area contributed by atoms with Gasteiger partial charge in [-0.1, -0.05) is 42.5 Å². The molecule has 0 radical (unpaired) electrons. The third-order valence-corrected chi connectivity index (χ3v) is 4.53. The Morgan fingerprint density at radius 2 is 1.65 bits per heavy atom. The number of carbonyl (C=O) groups is 1. The molecule has 26 heavy (non-hydrogen) atoms. The smallest absolute Gasteiger partial charge is 0.410 e. The number of ether oxygens (including phenoxy) is 1. The van der Waals surface area contributed by atoms with Crippen molar-refractivity contribution in [3.05, 3.63) is 65.7 Å². The van der Waals surface area contributed by atoms with Crippen LogP contribution in [0, 0.1) is 0 Å².